The van der Waals surface area contributed by atoms with Crippen molar-refractivity contribution in [2.75, 3.05) is 5.32 Å². The van der Waals surface area contributed by atoms with E-state index in [0.29, 0.717) is 15.7 Å². The van der Waals surface area contributed by atoms with Crippen molar-refractivity contribution >= 4 is 40.6 Å². The van der Waals surface area contributed by atoms with E-state index in [1.807, 2.05) is 6.92 Å². The van der Waals surface area contributed by atoms with Gasteiger partial charge < -0.3 is 5.32 Å². The third-order valence-electron chi connectivity index (χ3n) is 2.74. The molecule has 0 unspecified atom stereocenters. The standard InChI is InChI=1S/C15H11Cl2NO2/c1-9-2-7-12(8-13(9)17)18-15(20)14(19)10-3-5-11(16)6-4-10/h2-8H,1H3,(H,18,20). The molecule has 0 aromatic heterocycles. The van der Waals surface area contributed by atoms with Gasteiger partial charge in [0.05, 0.1) is 0 Å². The maximum Gasteiger partial charge on any atom is 0.296 e. The molecule has 3 nitrogen and oxygen atoms in total. The number of Topliss-reactive ketones (excluding diaryl/α,β-unsaturated/α-hetero) is 1. The Morgan fingerprint density at radius 2 is 1.65 bits per heavy atom. The number of hydrogen-bond donors (Lipinski definition) is 1. The van der Waals surface area contributed by atoms with Crippen LogP contribution in [0.2, 0.25) is 10.0 Å². The second-order valence-corrected chi connectivity index (χ2v) is 5.10. The largest absolute Gasteiger partial charge is 0.319 e. The Labute approximate surface area is 126 Å². The molecule has 2 aromatic carbocycles. The maximum atomic E-state index is 11.9. The smallest absolute Gasteiger partial charge is 0.296 e. The number of amides is 1. The summed E-state index contributed by atoms with van der Waals surface area (Å²) >= 11 is 11.7. The average molecular weight is 308 g/mol. The Hall–Kier alpha value is -1.84. The number of nitrogens with one attached hydrogen (secondary N) is 1. The Bertz CT molecular complexity index is 666. The van der Waals surface area contributed by atoms with Gasteiger partial charge >= 0.3 is 0 Å². The molecule has 0 saturated carbocycles. The number of ketones is 1. The van der Waals surface area contributed by atoms with Gasteiger partial charge in [-0.15, -0.1) is 0 Å². The lowest BCUT2D eigenvalue weighted by Gasteiger charge is -2.06. The van der Waals surface area contributed by atoms with Gasteiger partial charge in [-0.25, -0.2) is 0 Å². The summed E-state index contributed by atoms with van der Waals surface area (Å²) < 4.78 is 0. The number of rotatable bonds is 3. The van der Waals surface area contributed by atoms with E-state index in [1.165, 1.54) is 12.1 Å². The van der Waals surface area contributed by atoms with Gasteiger partial charge in [0, 0.05) is 21.3 Å². The predicted octanol–water partition coefficient (Wildman–Crippen LogP) is 4.12. The van der Waals surface area contributed by atoms with Crippen molar-refractivity contribution in [3.05, 3.63) is 63.6 Å². The van der Waals surface area contributed by atoms with Crippen LogP contribution in [0.15, 0.2) is 42.5 Å². The average Bonchev–Trinajstić information content (AvgIpc) is 2.43. The number of hydrogen-bond acceptors (Lipinski definition) is 2. The molecular formula is C15H11Cl2NO2. The summed E-state index contributed by atoms with van der Waals surface area (Å²) in [5.74, 6) is -1.34. The molecule has 0 bridgehead atoms. The Balaban J connectivity index is 2.13. The van der Waals surface area contributed by atoms with Crippen LogP contribution >= 0.6 is 23.2 Å². The number of anilines is 1. The molecule has 2 rings (SSSR count). The summed E-state index contributed by atoms with van der Waals surface area (Å²) in [7, 11) is 0. The van der Waals surface area contributed by atoms with E-state index in [4.69, 9.17) is 23.2 Å². The minimum Gasteiger partial charge on any atom is -0.319 e. The highest BCUT2D eigenvalue weighted by Gasteiger charge is 2.16. The first-order valence-electron chi connectivity index (χ1n) is 5.85. The summed E-state index contributed by atoms with van der Waals surface area (Å²) in [6.07, 6.45) is 0. The van der Waals surface area contributed by atoms with Gasteiger partial charge in [0.2, 0.25) is 0 Å². The van der Waals surface area contributed by atoms with Gasteiger partial charge in [0.1, 0.15) is 0 Å². The van der Waals surface area contributed by atoms with Crippen LogP contribution in [0.5, 0.6) is 0 Å². The second-order valence-electron chi connectivity index (χ2n) is 4.25. The summed E-state index contributed by atoms with van der Waals surface area (Å²) in [6, 6.07) is 11.2. The van der Waals surface area contributed by atoms with Gasteiger partial charge in [-0.3, -0.25) is 9.59 Å². The van der Waals surface area contributed by atoms with Crippen molar-refractivity contribution in [2.24, 2.45) is 0 Å². The molecule has 0 heterocycles. The van der Waals surface area contributed by atoms with E-state index in [0.717, 1.165) is 5.56 Å². The Morgan fingerprint density at radius 1 is 1.00 bits per heavy atom. The molecule has 0 radical (unpaired) electrons. The lowest BCUT2D eigenvalue weighted by Crippen LogP contribution is -2.22. The highest BCUT2D eigenvalue weighted by molar-refractivity contribution is 6.46. The normalized spacial score (nSPS) is 10.2. The monoisotopic (exact) mass is 307 g/mol. The van der Waals surface area contributed by atoms with Crippen LogP contribution in [-0.4, -0.2) is 11.7 Å². The zero-order chi connectivity index (χ0) is 14.7. The molecular weight excluding hydrogens is 297 g/mol. The van der Waals surface area contributed by atoms with Crippen LogP contribution in [0, 0.1) is 6.92 Å². The van der Waals surface area contributed by atoms with Crippen LogP contribution < -0.4 is 5.32 Å². The molecule has 2 aromatic rings. The molecule has 0 atom stereocenters. The fraction of sp³-hybridized carbons (Fsp3) is 0.0667. The minimum atomic E-state index is -0.716. The quantitative estimate of drug-likeness (QED) is 0.684. The van der Waals surface area contributed by atoms with Crippen LogP contribution in [0.4, 0.5) is 5.69 Å². The molecule has 0 spiro atoms. The number of benzene rings is 2. The van der Waals surface area contributed by atoms with E-state index < -0.39 is 11.7 Å². The summed E-state index contributed by atoms with van der Waals surface area (Å²) in [6.45, 7) is 1.85. The van der Waals surface area contributed by atoms with Gasteiger partial charge in [-0.05, 0) is 48.9 Å². The Morgan fingerprint density at radius 3 is 2.25 bits per heavy atom. The second kappa shape index (κ2) is 6.07. The lowest BCUT2D eigenvalue weighted by molar-refractivity contribution is -0.112. The first kappa shape index (κ1) is 14.6. The fourth-order valence-corrected chi connectivity index (χ4v) is 1.90. The van der Waals surface area contributed by atoms with Crippen molar-refractivity contribution in [1.82, 2.24) is 0 Å². The maximum absolute atomic E-state index is 11.9. The Kier molecular flexibility index (Phi) is 4.42. The van der Waals surface area contributed by atoms with Crippen molar-refractivity contribution in [3.8, 4) is 0 Å². The number of aryl methyl sites for hydroxylation is 1. The van der Waals surface area contributed by atoms with Crippen LogP contribution in [-0.2, 0) is 4.79 Å². The van der Waals surface area contributed by atoms with E-state index >= 15 is 0 Å². The zero-order valence-electron chi connectivity index (χ0n) is 10.6. The molecule has 1 amide bonds. The third kappa shape index (κ3) is 3.38. The molecule has 20 heavy (non-hydrogen) atoms. The van der Waals surface area contributed by atoms with E-state index in [2.05, 4.69) is 5.32 Å². The van der Waals surface area contributed by atoms with Crippen molar-refractivity contribution < 1.29 is 9.59 Å². The van der Waals surface area contributed by atoms with Gasteiger partial charge in [-0.2, -0.15) is 0 Å². The van der Waals surface area contributed by atoms with Crippen LogP contribution in [0.1, 0.15) is 15.9 Å². The molecule has 102 valence electrons. The highest BCUT2D eigenvalue weighted by atomic mass is 35.5. The SMILES string of the molecule is Cc1ccc(NC(=O)C(=O)c2ccc(Cl)cc2)cc1Cl. The van der Waals surface area contributed by atoms with Crippen molar-refractivity contribution in [1.29, 1.82) is 0 Å². The van der Waals surface area contributed by atoms with Gasteiger partial charge in [0.15, 0.2) is 0 Å². The highest BCUT2D eigenvalue weighted by Crippen LogP contribution is 2.20. The van der Waals surface area contributed by atoms with E-state index in [1.54, 1.807) is 30.3 Å². The van der Waals surface area contributed by atoms with E-state index in [9.17, 15) is 9.59 Å². The van der Waals surface area contributed by atoms with Crippen LogP contribution in [0.25, 0.3) is 0 Å². The minimum absolute atomic E-state index is 0.283. The topological polar surface area (TPSA) is 46.2 Å². The molecule has 1 N–H and O–H groups in total. The van der Waals surface area contributed by atoms with Crippen molar-refractivity contribution in [2.45, 2.75) is 6.92 Å². The molecule has 0 fully saturated rings. The first-order valence-corrected chi connectivity index (χ1v) is 6.60. The van der Waals surface area contributed by atoms with Gasteiger partial charge in [0.25, 0.3) is 11.7 Å². The first-order chi connectivity index (χ1) is 9.47. The van der Waals surface area contributed by atoms with Crippen LogP contribution in [0.3, 0.4) is 0 Å². The summed E-state index contributed by atoms with van der Waals surface area (Å²) in [4.78, 5) is 23.8. The zero-order valence-corrected chi connectivity index (χ0v) is 12.1. The fourth-order valence-electron chi connectivity index (χ4n) is 1.59. The number of carbonyl (C=O) groups is 2. The number of halogens is 2. The van der Waals surface area contributed by atoms with Crippen molar-refractivity contribution in [3.63, 3.8) is 0 Å². The predicted molar refractivity (Wildman–Crippen MR) is 80.6 cm³/mol. The summed E-state index contributed by atoms with van der Waals surface area (Å²) in [5.41, 5.74) is 1.66. The third-order valence-corrected chi connectivity index (χ3v) is 3.40. The number of carbonyl (C=O) groups excluding carboxylic acids is 2. The molecule has 5 heteroatoms. The summed E-state index contributed by atoms with van der Waals surface area (Å²) in [5, 5.41) is 3.55. The molecule has 0 saturated heterocycles. The van der Waals surface area contributed by atoms with E-state index in [-0.39, 0.29) is 5.56 Å². The molecule has 0 aliphatic heterocycles. The van der Waals surface area contributed by atoms with Gasteiger partial charge in [-0.1, -0.05) is 29.3 Å². The molecule has 0 aliphatic carbocycles. The molecule has 0 aliphatic rings. The lowest BCUT2D eigenvalue weighted by atomic mass is 10.1.